The number of halogens is 12. The van der Waals surface area contributed by atoms with Gasteiger partial charge in [-0.05, 0) is 70.5 Å². The normalized spacial score (nSPS) is 12.6. The Balaban J connectivity index is 1.99. The molecule has 0 aliphatic rings. The Morgan fingerprint density at radius 3 is 1.83 bits per heavy atom. The largest absolute Gasteiger partial charge is 0.573 e. The van der Waals surface area contributed by atoms with Crippen LogP contribution in [0.1, 0.15) is 26.3 Å². The number of carbonyl (C=O) groups is 2. The van der Waals surface area contributed by atoms with E-state index in [0.29, 0.717) is 5.02 Å². The van der Waals surface area contributed by atoms with Crippen LogP contribution in [-0.4, -0.2) is 30.5 Å². The van der Waals surface area contributed by atoms with Crippen molar-refractivity contribution in [2.45, 2.75) is 24.4 Å². The molecule has 0 aliphatic heterocycles. The predicted octanol–water partition coefficient (Wildman–Crippen LogP) is 8.80. The van der Waals surface area contributed by atoms with Crippen LogP contribution in [-0.2, 0) is 5.67 Å². The molecule has 3 rings (SSSR count). The maximum Gasteiger partial charge on any atom is 0.573 e. The second kappa shape index (κ2) is 11.4. The summed E-state index contributed by atoms with van der Waals surface area (Å²) in [5.74, 6) is -3.65. The van der Waals surface area contributed by atoms with E-state index in [9.17, 15) is 53.5 Å². The van der Waals surface area contributed by atoms with Crippen molar-refractivity contribution in [1.82, 2.24) is 0 Å². The molecular formula is C24H12BrClF10N2O3. The summed E-state index contributed by atoms with van der Waals surface area (Å²) in [6, 6.07) is 9.85. The highest BCUT2D eigenvalue weighted by Crippen LogP contribution is 2.55. The van der Waals surface area contributed by atoms with Crippen molar-refractivity contribution in [2.24, 2.45) is 0 Å². The van der Waals surface area contributed by atoms with Gasteiger partial charge in [-0.1, -0.05) is 17.7 Å². The zero-order valence-corrected chi connectivity index (χ0v) is 21.9. The zero-order valence-electron chi connectivity index (χ0n) is 19.5. The maximum atomic E-state index is 14.5. The molecule has 0 spiro atoms. The van der Waals surface area contributed by atoms with Crippen LogP contribution in [0.3, 0.4) is 0 Å². The Morgan fingerprint density at radius 2 is 1.29 bits per heavy atom. The van der Waals surface area contributed by atoms with Gasteiger partial charge in [-0.3, -0.25) is 9.59 Å². The lowest BCUT2D eigenvalue weighted by Crippen LogP contribution is -2.50. The summed E-state index contributed by atoms with van der Waals surface area (Å²) in [6.45, 7) is 0. The van der Waals surface area contributed by atoms with Crippen LogP contribution >= 0.6 is 27.5 Å². The first-order valence-electron chi connectivity index (χ1n) is 10.6. The summed E-state index contributed by atoms with van der Waals surface area (Å²) in [6.07, 6.45) is -19.0. The molecular weight excluding hydrogens is 670 g/mol. The Morgan fingerprint density at radius 1 is 0.732 bits per heavy atom. The molecule has 0 atom stereocenters. The fraction of sp³-hybridized carbons (Fsp3) is 0.167. The Labute approximate surface area is 236 Å². The third kappa shape index (κ3) is 7.22. The van der Waals surface area contributed by atoms with Gasteiger partial charge in [0.1, 0.15) is 0 Å². The van der Waals surface area contributed by atoms with Gasteiger partial charge in [0, 0.05) is 31.9 Å². The number of amides is 2. The number of hydrogen-bond acceptors (Lipinski definition) is 3. The summed E-state index contributed by atoms with van der Waals surface area (Å²) in [5.41, 5.74) is -9.59. The van der Waals surface area contributed by atoms with Crippen LogP contribution in [0.4, 0.5) is 55.3 Å². The Hall–Kier alpha value is -3.53. The minimum atomic E-state index is -6.64. The van der Waals surface area contributed by atoms with Gasteiger partial charge < -0.3 is 15.4 Å². The van der Waals surface area contributed by atoms with Crippen molar-refractivity contribution in [1.29, 1.82) is 0 Å². The van der Waals surface area contributed by atoms with Gasteiger partial charge in [0.15, 0.2) is 5.75 Å². The highest BCUT2D eigenvalue weighted by atomic mass is 79.9. The molecule has 0 radical (unpaired) electrons. The summed E-state index contributed by atoms with van der Waals surface area (Å²) >= 11 is 8.24. The van der Waals surface area contributed by atoms with Gasteiger partial charge in [0.2, 0.25) is 0 Å². The van der Waals surface area contributed by atoms with Crippen molar-refractivity contribution >= 4 is 50.7 Å². The number of ether oxygens (including phenoxy) is 1. The molecule has 0 fully saturated rings. The molecule has 2 amide bonds. The van der Waals surface area contributed by atoms with Gasteiger partial charge in [-0.25, -0.2) is 4.39 Å². The van der Waals surface area contributed by atoms with Crippen LogP contribution in [0, 0.1) is 0 Å². The quantitative estimate of drug-likeness (QED) is 0.256. The fourth-order valence-corrected chi connectivity index (χ4v) is 3.99. The smallest absolute Gasteiger partial charge is 0.404 e. The minimum absolute atomic E-state index is 0.0244. The summed E-state index contributed by atoms with van der Waals surface area (Å²) < 4.78 is 135. The number of benzene rings is 3. The third-order valence-electron chi connectivity index (χ3n) is 5.19. The number of hydrogen-bond donors (Lipinski definition) is 2. The molecule has 0 saturated carbocycles. The minimum Gasteiger partial charge on any atom is -0.404 e. The predicted molar refractivity (Wildman–Crippen MR) is 130 cm³/mol. The third-order valence-corrected chi connectivity index (χ3v) is 6.06. The number of alkyl halides is 10. The van der Waals surface area contributed by atoms with E-state index in [4.69, 9.17) is 11.6 Å². The molecule has 3 aromatic rings. The van der Waals surface area contributed by atoms with Crippen LogP contribution in [0.2, 0.25) is 5.02 Å². The number of carbonyl (C=O) groups excluding carboxylic acids is 2. The monoisotopic (exact) mass is 680 g/mol. The first-order valence-corrected chi connectivity index (χ1v) is 11.8. The molecule has 41 heavy (non-hydrogen) atoms. The molecule has 0 saturated heterocycles. The van der Waals surface area contributed by atoms with Crippen LogP contribution < -0.4 is 15.4 Å². The fourth-order valence-electron chi connectivity index (χ4n) is 3.32. The Kier molecular flexibility index (Phi) is 8.89. The van der Waals surface area contributed by atoms with E-state index in [1.807, 2.05) is 5.32 Å². The molecule has 0 aromatic heterocycles. The van der Waals surface area contributed by atoms with Crippen LogP contribution in [0.15, 0.2) is 65.1 Å². The van der Waals surface area contributed by atoms with E-state index in [0.717, 1.165) is 12.1 Å². The van der Waals surface area contributed by atoms with E-state index in [1.54, 1.807) is 0 Å². The van der Waals surface area contributed by atoms with Crippen molar-refractivity contribution in [3.63, 3.8) is 0 Å². The zero-order chi connectivity index (χ0) is 31.0. The van der Waals surface area contributed by atoms with Gasteiger partial charge in [-0.2, -0.15) is 26.3 Å². The first kappa shape index (κ1) is 32.0. The molecule has 5 nitrogen and oxygen atoms in total. The molecule has 0 bridgehead atoms. The van der Waals surface area contributed by atoms with Crippen LogP contribution in [0.5, 0.6) is 5.75 Å². The second-order valence-corrected chi connectivity index (χ2v) is 9.32. The first-order chi connectivity index (χ1) is 18.7. The SMILES string of the molecule is O=C(Nc1cccc(C(=O)Nc2c(Br)cc(C(F)(C(F)(F)F)C(F)(F)F)cc2OC(F)(F)F)c1)c1ccc(Cl)cc1. The lowest BCUT2D eigenvalue weighted by molar-refractivity contribution is -0.348. The van der Waals surface area contributed by atoms with Gasteiger partial charge >= 0.3 is 24.4 Å². The lowest BCUT2D eigenvalue weighted by atomic mass is 9.93. The molecule has 0 unspecified atom stereocenters. The van der Waals surface area contributed by atoms with E-state index in [-0.39, 0.29) is 22.9 Å². The average Bonchev–Trinajstić information content (AvgIpc) is 2.83. The standard InChI is InChI=1S/C24H12BrClF10N2O3/c25-16-9-13(21(27,22(28,29)30)23(31,32)33)10-17(41-24(34,35)36)18(16)38-20(40)12-2-1-3-15(8-12)37-19(39)11-4-6-14(26)7-5-11/h1-10H,(H,37,39)(H,38,40). The number of anilines is 2. The average molecular weight is 682 g/mol. The van der Waals surface area contributed by atoms with E-state index < -0.39 is 63.7 Å². The number of rotatable bonds is 6. The van der Waals surface area contributed by atoms with Gasteiger partial charge in [0.25, 0.3) is 11.8 Å². The van der Waals surface area contributed by atoms with Crippen molar-refractivity contribution < 1.29 is 58.2 Å². The van der Waals surface area contributed by atoms with E-state index >= 15 is 0 Å². The maximum absolute atomic E-state index is 14.5. The van der Waals surface area contributed by atoms with E-state index in [1.165, 1.54) is 36.4 Å². The van der Waals surface area contributed by atoms with Crippen molar-refractivity contribution in [2.75, 3.05) is 10.6 Å². The molecule has 0 heterocycles. The summed E-state index contributed by atoms with van der Waals surface area (Å²) in [4.78, 5) is 25.2. The number of nitrogens with one attached hydrogen (secondary N) is 2. The highest BCUT2D eigenvalue weighted by Gasteiger charge is 2.73. The topological polar surface area (TPSA) is 67.4 Å². The highest BCUT2D eigenvalue weighted by molar-refractivity contribution is 9.10. The van der Waals surface area contributed by atoms with Gasteiger partial charge in [-0.15, -0.1) is 13.2 Å². The lowest BCUT2D eigenvalue weighted by Gasteiger charge is -2.31. The van der Waals surface area contributed by atoms with Crippen LogP contribution in [0.25, 0.3) is 0 Å². The van der Waals surface area contributed by atoms with E-state index in [2.05, 4.69) is 26.0 Å². The molecule has 0 aliphatic carbocycles. The summed E-state index contributed by atoms with van der Waals surface area (Å²) in [7, 11) is 0. The van der Waals surface area contributed by atoms with Gasteiger partial charge in [0.05, 0.1) is 5.69 Å². The molecule has 17 heteroatoms. The molecule has 2 N–H and O–H groups in total. The van der Waals surface area contributed by atoms with Crippen molar-refractivity contribution in [3.05, 3.63) is 86.8 Å². The Bertz CT molecular complexity index is 1440. The second-order valence-electron chi connectivity index (χ2n) is 8.03. The summed E-state index contributed by atoms with van der Waals surface area (Å²) in [5, 5.41) is 4.66. The molecule has 220 valence electrons. The molecule has 3 aromatic carbocycles. The van der Waals surface area contributed by atoms with Crippen molar-refractivity contribution in [3.8, 4) is 5.75 Å².